The Morgan fingerprint density at radius 1 is 1.18 bits per heavy atom. The van der Waals surface area contributed by atoms with Crippen molar-refractivity contribution in [1.82, 2.24) is 14.8 Å². The first-order valence-electron chi connectivity index (χ1n) is 8.79. The van der Waals surface area contributed by atoms with E-state index in [1.807, 2.05) is 36.4 Å². The summed E-state index contributed by atoms with van der Waals surface area (Å²) in [5, 5.41) is 5.63. The van der Waals surface area contributed by atoms with E-state index in [9.17, 15) is 0 Å². The number of nitrogens with zero attached hydrogens (tertiary/aromatic N) is 3. The highest BCUT2D eigenvalue weighted by atomic mass is 32.1. The third kappa shape index (κ3) is 3.28. The lowest BCUT2D eigenvalue weighted by atomic mass is 10.2. The van der Waals surface area contributed by atoms with E-state index in [2.05, 4.69) is 18.2 Å². The number of fused-ring (bicyclic) bond motifs is 2. The van der Waals surface area contributed by atoms with Crippen LogP contribution in [0.25, 0.3) is 21.7 Å². The highest BCUT2D eigenvalue weighted by molar-refractivity contribution is 7.71. The van der Waals surface area contributed by atoms with E-state index in [1.165, 1.54) is 9.60 Å². The average Bonchev–Trinajstić information content (AvgIpc) is 3.39. The van der Waals surface area contributed by atoms with Gasteiger partial charge in [0.1, 0.15) is 11.6 Å². The predicted molar refractivity (Wildman–Crippen MR) is 107 cm³/mol. The summed E-state index contributed by atoms with van der Waals surface area (Å²) in [6.45, 7) is 1.60. The molecule has 4 aromatic rings. The molecule has 9 heteroatoms. The van der Waals surface area contributed by atoms with Crippen LogP contribution < -0.4 is 14.4 Å². The summed E-state index contributed by atoms with van der Waals surface area (Å²) in [4.78, 5) is 6.25. The first kappa shape index (κ1) is 17.4. The minimum atomic E-state index is 0.233. The Kier molecular flexibility index (Phi) is 4.34. The molecule has 0 spiro atoms. The monoisotopic (exact) mass is 413 g/mol. The molecule has 1 N–H and O–H groups in total. The zero-order valence-electron chi connectivity index (χ0n) is 15.0. The van der Waals surface area contributed by atoms with Gasteiger partial charge in [-0.05, 0) is 42.5 Å². The molecule has 0 fully saturated rings. The molecule has 142 valence electrons. The zero-order chi connectivity index (χ0) is 19.1. The van der Waals surface area contributed by atoms with Crippen molar-refractivity contribution in [1.29, 1.82) is 0 Å². The SMILES string of the molecule is C[NH+](Cc1nc2ccccc2s1)Cn1nc(-c2ccc3c(c2)OCO3)oc1=S. The van der Waals surface area contributed by atoms with Crippen molar-refractivity contribution < 1.29 is 18.8 Å². The molecule has 0 aliphatic carbocycles. The molecule has 5 rings (SSSR count). The molecule has 2 aromatic heterocycles. The highest BCUT2D eigenvalue weighted by Gasteiger charge is 2.18. The van der Waals surface area contributed by atoms with Gasteiger partial charge < -0.3 is 18.8 Å². The Morgan fingerprint density at radius 2 is 2.04 bits per heavy atom. The van der Waals surface area contributed by atoms with Crippen LogP contribution in [-0.4, -0.2) is 28.6 Å². The molecule has 7 nitrogen and oxygen atoms in total. The number of benzene rings is 2. The molecule has 1 aliphatic heterocycles. The largest absolute Gasteiger partial charge is 0.454 e. The number of thiazole rings is 1. The van der Waals surface area contributed by atoms with Gasteiger partial charge in [0.05, 0.1) is 17.3 Å². The Labute approximate surface area is 169 Å². The minimum Gasteiger partial charge on any atom is -0.454 e. The van der Waals surface area contributed by atoms with Crippen molar-refractivity contribution in [3.05, 3.63) is 52.3 Å². The molecule has 28 heavy (non-hydrogen) atoms. The maximum Gasteiger partial charge on any atom is 0.292 e. The number of hydrogen-bond acceptors (Lipinski definition) is 7. The summed E-state index contributed by atoms with van der Waals surface area (Å²) in [7, 11) is 2.09. The molecular weight excluding hydrogens is 396 g/mol. The number of aromatic nitrogens is 3. The number of ether oxygens (including phenoxy) is 2. The molecule has 1 aliphatic rings. The third-order valence-electron chi connectivity index (χ3n) is 4.44. The second kappa shape index (κ2) is 7.01. The van der Waals surface area contributed by atoms with Gasteiger partial charge in [-0.3, -0.25) is 0 Å². The van der Waals surface area contributed by atoms with E-state index in [4.69, 9.17) is 31.1 Å². The van der Waals surface area contributed by atoms with Gasteiger partial charge in [0.25, 0.3) is 4.84 Å². The molecule has 1 unspecified atom stereocenters. The van der Waals surface area contributed by atoms with Crippen molar-refractivity contribution >= 4 is 33.8 Å². The molecular formula is C19H17N4O3S2+. The molecule has 0 saturated heterocycles. The van der Waals surface area contributed by atoms with Crippen LogP contribution >= 0.6 is 23.6 Å². The van der Waals surface area contributed by atoms with Crippen molar-refractivity contribution in [3.63, 3.8) is 0 Å². The number of nitrogens with one attached hydrogen (secondary N) is 1. The normalized spacial score (nSPS) is 13.9. The van der Waals surface area contributed by atoms with Crippen LogP contribution in [0.4, 0.5) is 0 Å². The highest BCUT2D eigenvalue weighted by Crippen LogP contribution is 2.35. The standard InChI is InChI=1S/C19H16N4O3S2/c1-22(9-17-20-13-4-2-3-5-16(13)28-17)10-23-19(27)26-18(21-23)12-6-7-14-15(8-12)25-11-24-14/h2-8H,9-11H2,1H3/p+1. The van der Waals surface area contributed by atoms with E-state index in [0.717, 1.165) is 28.4 Å². The maximum atomic E-state index is 5.70. The third-order valence-corrected chi connectivity index (χ3v) is 5.77. The topological polar surface area (TPSA) is 66.8 Å². The predicted octanol–water partition coefficient (Wildman–Crippen LogP) is 2.88. The van der Waals surface area contributed by atoms with E-state index in [1.54, 1.807) is 16.0 Å². The fraction of sp³-hybridized carbons (Fsp3) is 0.211. The van der Waals surface area contributed by atoms with E-state index < -0.39 is 0 Å². The van der Waals surface area contributed by atoms with Crippen LogP contribution in [0.1, 0.15) is 5.01 Å². The summed E-state index contributed by atoms with van der Waals surface area (Å²) in [5.74, 6) is 1.88. The summed E-state index contributed by atoms with van der Waals surface area (Å²) in [6, 6.07) is 13.8. The molecule has 0 amide bonds. The maximum absolute atomic E-state index is 5.70. The molecule has 0 radical (unpaired) electrons. The lowest BCUT2D eigenvalue weighted by Gasteiger charge is -2.11. The minimum absolute atomic E-state index is 0.233. The van der Waals surface area contributed by atoms with Gasteiger partial charge in [0.2, 0.25) is 12.7 Å². The first-order chi connectivity index (χ1) is 13.7. The van der Waals surface area contributed by atoms with Gasteiger partial charge in [0.15, 0.2) is 18.2 Å². The zero-order valence-corrected chi connectivity index (χ0v) is 16.7. The van der Waals surface area contributed by atoms with Crippen LogP contribution in [0.3, 0.4) is 0 Å². The summed E-state index contributed by atoms with van der Waals surface area (Å²) in [5.41, 5.74) is 1.84. The first-order valence-corrected chi connectivity index (χ1v) is 10.0. The molecule has 2 aromatic carbocycles. The van der Waals surface area contributed by atoms with Gasteiger partial charge >= 0.3 is 0 Å². The van der Waals surface area contributed by atoms with Crippen molar-refractivity contribution in [2.24, 2.45) is 0 Å². The quantitative estimate of drug-likeness (QED) is 0.508. The fourth-order valence-electron chi connectivity index (χ4n) is 3.12. The van der Waals surface area contributed by atoms with Gasteiger partial charge in [-0.25, -0.2) is 4.98 Å². The van der Waals surface area contributed by atoms with Crippen molar-refractivity contribution in [3.8, 4) is 23.0 Å². The molecule has 3 heterocycles. The van der Waals surface area contributed by atoms with Crippen LogP contribution in [0.5, 0.6) is 11.5 Å². The van der Waals surface area contributed by atoms with Gasteiger partial charge in [0, 0.05) is 5.56 Å². The summed E-state index contributed by atoms with van der Waals surface area (Å²) < 4.78 is 19.4. The van der Waals surface area contributed by atoms with Crippen LogP contribution in [0.2, 0.25) is 0 Å². The Balaban J connectivity index is 1.33. The van der Waals surface area contributed by atoms with E-state index in [-0.39, 0.29) is 6.79 Å². The molecule has 0 saturated carbocycles. The fourth-order valence-corrected chi connectivity index (χ4v) is 4.38. The molecule has 0 bridgehead atoms. The summed E-state index contributed by atoms with van der Waals surface area (Å²) >= 11 is 7.08. The van der Waals surface area contributed by atoms with Gasteiger partial charge in [-0.15, -0.1) is 16.4 Å². The summed E-state index contributed by atoms with van der Waals surface area (Å²) in [6.07, 6.45) is 0. The molecule has 1 atom stereocenters. The lowest BCUT2D eigenvalue weighted by Crippen LogP contribution is -3.07. The van der Waals surface area contributed by atoms with E-state index in [0.29, 0.717) is 23.1 Å². The van der Waals surface area contributed by atoms with Crippen molar-refractivity contribution in [2.45, 2.75) is 13.2 Å². The number of para-hydroxylation sites is 1. The van der Waals surface area contributed by atoms with Crippen molar-refractivity contribution in [2.75, 3.05) is 13.8 Å². The Hall–Kier alpha value is -2.75. The van der Waals surface area contributed by atoms with Crippen LogP contribution in [0.15, 0.2) is 46.9 Å². The van der Waals surface area contributed by atoms with Gasteiger partial charge in [-0.1, -0.05) is 12.1 Å². The average molecular weight is 414 g/mol. The number of hydrogen-bond donors (Lipinski definition) is 1. The lowest BCUT2D eigenvalue weighted by molar-refractivity contribution is -0.917. The van der Waals surface area contributed by atoms with Crippen LogP contribution in [0, 0.1) is 4.84 Å². The Morgan fingerprint density at radius 3 is 2.93 bits per heavy atom. The smallest absolute Gasteiger partial charge is 0.292 e. The van der Waals surface area contributed by atoms with Crippen LogP contribution in [-0.2, 0) is 13.2 Å². The second-order valence-corrected chi connectivity index (χ2v) is 8.07. The number of rotatable bonds is 5. The van der Waals surface area contributed by atoms with Gasteiger partial charge in [-0.2, -0.15) is 4.68 Å². The number of quaternary nitrogens is 1. The Bertz CT molecular complexity index is 1180. The van der Waals surface area contributed by atoms with E-state index >= 15 is 0 Å². The second-order valence-electron chi connectivity index (χ2n) is 6.61.